The molecular weight excluding hydrogens is 776 g/mol. The van der Waals surface area contributed by atoms with Crippen LogP contribution in [0.25, 0.3) is 55.6 Å². The van der Waals surface area contributed by atoms with Crippen LogP contribution in [0.15, 0.2) is 102 Å². The first-order valence-corrected chi connectivity index (χ1v) is 18.8. The van der Waals surface area contributed by atoms with Crippen LogP contribution >= 0.6 is 0 Å². The maximum absolute atomic E-state index is 13.7. The second kappa shape index (κ2) is 13.9. The summed E-state index contributed by atoms with van der Waals surface area (Å²) in [5, 5.41) is 2.93. The number of rotatable bonds is 4. The largest absolute Gasteiger partial charge is 0.501 e. The first-order chi connectivity index (χ1) is 23.2. The molecule has 0 saturated heterocycles. The van der Waals surface area contributed by atoms with Crippen LogP contribution in [0.5, 0.6) is 0 Å². The Kier molecular flexibility index (Phi) is 8.89. The van der Waals surface area contributed by atoms with E-state index in [0.717, 1.165) is 38.9 Å². The van der Waals surface area contributed by atoms with Crippen molar-refractivity contribution in [1.82, 2.24) is 9.97 Å². The SMILES string of the molecule is Cc1cc(C)c(-c2ccnc(-c3[c-]ccc4c3oc3ccc(F)cc34)c2)c(C)c1.[2H]C([2H])([2H])c1c[c-]c(-c2ccc([Si](C)(C)C)cn2)cc1.[Ir]. The molecule has 4 aromatic carbocycles. The summed E-state index contributed by atoms with van der Waals surface area (Å²) in [5.74, 6) is -0.278. The standard InChI is InChI=1S/C26H19FNO.C15H18NSi.Ir/c1-15-11-16(2)25(17(3)12-15)18-9-10-28-23(13-18)21-6-4-5-20-22-14-19(27)7-8-24(22)29-26(20)21;1-12-5-7-13(8-6-12)15-10-9-14(11-16-15)17(2,3)4;/h4-5,7-14H,1-3H3;5-7,9-11H,1-4H3;/q2*-1;/i;1D3;. The first kappa shape index (κ1) is 30.1. The summed E-state index contributed by atoms with van der Waals surface area (Å²) in [5.41, 5.74) is 10.9. The summed E-state index contributed by atoms with van der Waals surface area (Å²) < 4.78 is 41.9. The van der Waals surface area contributed by atoms with Crippen LogP contribution in [0.3, 0.4) is 0 Å². The third-order valence-electron chi connectivity index (χ3n) is 8.09. The molecule has 6 heteroatoms. The average molecular weight is 816 g/mol. The van der Waals surface area contributed by atoms with Gasteiger partial charge >= 0.3 is 0 Å². The number of pyridine rings is 2. The van der Waals surface area contributed by atoms with Crippen LogP contribution in [0.4, 0.5) is 4.39 Å². The van der Waals surface area contributed by atoms with E-state index in [1.165, 1.54) is 45.6 Å². The molecule has 0 bridgehead atoms. The summed E-state index contributed by atoms with van der Waals surface area (Å²) >= 11 is 0. The zero-order valence-electron chi connectivity index (χ0n) is 30.3. The van der Waals surface area contributed by atoms with Gasteiger partial charge in [-0.2, -0.15) is 0 Å². The van der Waals surface area contributed by atoms with E-state index in [0.29, 0.717) is 16.7 Å². The third kappa shape index (κ3) is 7.36. The van der Waals surface area contributed by atoms with E-state index in [1.807, 2.05) is 36.7 Å². The fraction of sp³-hybridized carbons (Fsp3) is 0.171. The number of nitrogens with zero attached hydrogens (tertiary/aromatic N) is 2. The van der Waals surface area contributed by atoms with Gasteiger partial charge in [-0.3, -0.25) is 0 Å². The van der Waals surface area contributed by atoms with E-state index in [1.54, 1.807) is 18.2 Å². The van der Waals surface area contributed by atoms with Crippen molar-refractivity contribution < 1.29 is 33.0 Å². The van der Waals surface area contributed by atoms with Crippen LogP contribution in [0, 0.1) is 45.6 Å². The fourth-order valence-electron chi connectivity index (χ4n) is 5.84. The third-order valence-corrected chi connectivity index (χ3v) is 10.1. The van der Waals surface area contributed by atoms with Gasteiger partial charge in [0, 0.05) is 42.0 Å². The fourth-order valence-corrected chi connectivity index (χ4v) is 6.88. The molecule has 0 spiro atoms. The Morgan fingerprint density at radius 1 is 0.787 bits per heavy atom. The van der Waals surface area contributed by atoms with Gasteiger partial charge in [-0.05, 0) is 83.9 Å². The monoisotopic (exact) mass is 816 g/mol. The van der Waals surface area contributed by atoms with Crippen molar-refractivity contribution in [1.29, 1.82) is 0 Å². The molecule has 0 saturated carbocycles. The molecule has 0 aliphatic heterocycles. The Labute approximate surface area is 295 Å². The Bertz CT molecular complexity index is 2220. The normalized spacial score (nSPS) is 12.4. The van der Waals surface area contributed by atoms with Crippen LogP contribution in [-0.2, 0) is 20.1 Å². The summed E-state index contributed by atoms with van der Waals surface area (Å²) in [6, 6.07) is 32.1. The van der Waals surface area contributed by atoms with Crippen molar-refractivity contribution in [3.63, 3.8) is 0 Å². The first-order valence-electron chi connectivity index (χ1n) is 16.8. The van der Waals surface area contributed by atoms with Crippen molar-refractivity contribution in [3.8, 4) is 33.6 Å². The van der Waals surface area contributed by atoms with Gasteiger partial charge in [0.2, 0.25) is 0 Å². The van der Waals surface area contributed by atoms with Gasteiger partial charge < -0.3 is 14.4 Å². The molecule has 0 aliphatic carbocycles. The Morgan fingerprint density at radius 3 is 2.23 bits per heavy atom. The van der Waals surface area contributed by atoms with Gasteiger partial charge in [0.25, 0.3) is 0 Å². The smallest absolute Gasteiger partial charge is 0.124 e. The number of aryl methyl sites for hydroxylation is 4. The predicted molar refractivity (Wildman–Crippen MR) is 192 cm³/mol. The number of aromatic nitrogens is 2. The van der Waals surface area contributed by atoms with Gasteiger partial charge in [0.05, 0.1) is 13.7 Å². The van der Waals surface area contributed by atoms with Crippen LogP contribution in [0.1, 0.15) is 26.4 Å². The Balaban J connectivity index is 0.000000204. The van der Waals surface area contributed by atoms with Gasteiger partial charge in [0.1, 0.15) is 11.4 Å². The summed E-state index contributed by atoms with van der Waals surface area (Å²) in [4.78, 5) is 9.05. The van der Waals surface area contributed by atoms with Gasteiger partial charge in [0.15, 0.2) is 0 Å². The maximum Gasteiger partial charge on any atom is 0.124 e. The number of halogens is 1. The zero-order chi connectivity index (χ0) is 35.1. The number of fused-ring (bicyclic) bond motifs is 3. The number of benzene rings is 4. The van der Waals surface area contributed by atoms with E-state index in [4.69, 9.17) is 8.53 Å². The van der Waals surface area contributed by atoms with Gasteiger partial charge in [-0.25, -0.2) is 4.39 Å². The maximum atomic E-state index is 13.7. The van der Waals surface area contributed by atoms with E-state index in [-0.39, 0.29) is 25.9 Å². The van der Waals surface area contributed by atoms with Crippen LogP contribution < -0.4 is 5.19 Å². The van der Waals surface area contributed by atoms with Gasteiger partial charge in [-0.15, -0.1) is 53.6 Å². The molecule has 47 heavy (non-hydrogen) atoms. The van der Waals surface area contributed by atoms with Crippen molar-refractivity contribution in [2.45, 2.75) is 47.3 Å². The van der Waals surface area contributed by atoms with Crippen LogP contribution in [-0.4, -0.2) is 18.0 Å². The van der Waals surface area contributed by atoms with E-state index in [2.05, 4.69) is 86.8 Å². The van der Waals surface area contributed by atoms with Crippen molar-refractivity contribution >= 4 is 35.2 Å². The molecule has 0 aliphatic rings. The average Bonchev–Trinajstić information content (AvgIpc) is 3.42. The summed E-state index contributed by atoms with van der Waals surface area (Å²) in [7, 11) is -1.34. The second-order valence-electron chi connectivity index (χ2n) is 12.7. The van der Waals surface area contributed by atoms with Crippen molar-refractivity contribution in [3.05, 3.63) is 138 Å². The topological polar surface area (TPSA) is 38.9 Å². The Hall–Kier alpha value is -4.22. The second-order valence-corrected chi connectivity index (χ2v) is 17.8. The molecule has 1 radical (unpaired) electrons. The van der Waals surface area contributed by atoms with Crippen LogP contribution in [0.2, 0.25) is 19.6 Å². The number of furan rings is 1. The van der Waals surface area contributed by atoms with Gasteiger partial charge in [-0.1, -0.05) is 73.3 Å². The quantitative estimate of drug-likeness (QED) is 0.131. The molecule has 0 amide bonds. The van der Waals surface area contributed by atoms with E-state index in [9.17, 15) is 4.39 Å². The molecule has 7 aromatic rings. The summed E-state index contributed by atoms with van der Waals surface area (Å²) in [6.07, 6.45) is 3.74. The molecule has 0 N–H and O–H groups in total. The predicted octanol–water partition coefficient (Wildman–Crippen LogP) is 10.6. The molecule has 3 aromatic heterocycles. The number of hydrogen-bond donors (Lipinski definition) is 0. The molecular formula is C41H37FIrN2OSi-2. The zero-order valence-corrected chi connectivity index (χ0v) is 30.6. The minimum atomic E-state index is -2.08. The molecule has 0 atom stereocenters. The minimum Gasteiger partial charge on any atom is -0.501 e. The molecule has 3 nitrogen and oxygen atoms in total. The summed E-state index contributed by atoms with van der Waals surface area (Å²) in [6.45, 7) is 11.1. The molecule has 7 rings (SSSR count). The van der Waals surface area contributed by atoms with E-state index < -0.39 is 14.9 Å². The van der Waals surface area contributed by atoms with Crippen molar-refractivity contribution in [2.24, 2.45) is 0 Å². The number of hydrogen-bond acceptors (Lipinski definition) is 3. The molecule has 0 fully saturated rings. The minimum absolute atomic E-state index is 0. The molecule has 239 valence electrons. The Morgan fingerprint density at radius 2 is 1.57 bits per heavy atom. The van der Waals surface area contributed by atoms with Crippen molar-refractivity contribution in [2.75, 3.05) is 0 Å². The van der Waals surface area contributed by atoms with E-state index >= 15 is 0 Å². The molecule has 3 heterocycles. The molecule has 0 unspecified atom stereocenters.